The fraction of sp³-hybridized carbons (Fsp3) is 0.333. The summed E-state index contributed by atoms with van der Waals surface area (Å²) < 4.78 is 5.70. The lowest BCUT2D eigenvalue weighted by Gasteiger charge is -2.27. The van der Waals surface area contributed by atoms with Crippen molar-refractivity contribution in [2.75, 3.05) is 6.54 Å². The Morgan fingerprint density at radius 3 is 2.75 bits per heavy atom. The van der Waals surface area contributed by atoms with E-state index in [4.69, 9.17) is 4.74 Å². The Kier molecular flexibility index (Phi) is 5.16. The van der Waals surface area contributed by atoms with Gasteiger partial charge in [-0.1, -0.05) is 12.1 Å². The van der Waals surface area contributed by atoms with Gasteiger partial charge in [-0.25, -0.2) is 9.97 Å². The first-order chi connectivity index (χ1) is 13.6. The molecule has 2 aromatic heterocycles. The van der Waals surface area contributed by atoms with Crippen molar-refractivity contribution in [3.8, 4) is 17.3 Å². The highest BCUT2D eigenvalue weighted by molar-refractivity contribution is 5.47. The van der Waals surface area contributed by atoms with Gasteiger partial charge in [-0.05, 0) is 38.0 Å². The molecular formula is C21H23N5O2. The van der Waals surface area contributed by atoms with Crippen LogP contribution in [0.25, 0.3) is 11.5 Å². The van der Waals surface area contributed by atoms with Crippen LogP contribution in [-0.4, -0.2) is 37.5 Å². The average molecular weight is 377 g/mol. The summed E-state index contributed by atoms with van der Waals surface area (Å²) in [4.78, 5) is 30.6. The van der Waals surface area contributed by atoms with Crippen molar-refractivity contribution < 1.29 is 4.74 Å². The second kappa shape index (κ2) is 7.90. The van der Waals surface area contributed by atoms with Crippen LogP contribution in [0.4, 0.5) is 0 Å². The summed E-state index contributed by atoms with van der Waals surface area (Å²) in [7, 11) is 0. The molecule has 0 radical (unpaired) electrons. The molecule has 7 heteroatoms. The standard InChI is InChI=1S/C21H23N5O2/c1-14(2)28-16-5-3-15(4-6-16)12-26-10-7-17-19(13-26)24-20(25-21(17)27)18-11-22-8-9-23-18/h3-6,8-9,11,14H,7,10,12-13H2,1-2H3,(H,24,25,27). The SMILES string of the molecule is CC(C)Oc1ccc(CN2CCc3c(nc(-c4cnccn4)[nH]c3=O)C2)cc1. The molecule has 28 heavy (non-hydrogen) atoms. The summed E-state index contributed by atoms with van der Waals surface area (Å²) in [5.74, 6) is 1.35. The maximum Gasteiger partial charge on any atom is 0.254 e. The molecule has 0 unspecified atom stereocenters. The lowest BCUT2D eigenvalue weighted by atomic mass is 10.1. The Labute approximate surface area is 163 Å². The number of fused-ring (bicyclic) bond motifs is 1. The zero-order chi connectivity index (χ0) is 19.5. The molecule has 1 N–H and O–H groups in total. The third kappa shape index (κ3) is 4.09. The molecule has 1 aromatic carbocycles. The van der Waals surface area contributed by atoms with Gasteiger partial charge in [-0.15, -0.1) is 0 Å². The zero-order valence-electron chi connectivity index (χ0n) is 16.1. The molecule has 0 amide bonds. The number of nitrogens with one attached hydrogen (secondary N) is 1. The van der Waals surface area contributed by atoms with Crippen LogP contribution in [0.15, 0.2) is 47.7 Å². The van der Waals surface area contributed by atoms with E-state index in [-0.39, 0.29) is 11.7 Å². The summed E-state index contributed by atoms with van der Waals surface area (Å²) in [6.45, 7) is 6.30. The second-order valence-electron chi connectivity index (χ2n) is 7.20. The van der Waals surface area contributed by atoms with E-state index in [1.165, 1.54) is 5.56 Å². The topological polar surface area (TPSA) is 84.0 Å². The normalized spacial score (nSPS) is 14.1. The van der Waals surface area contributed by atoms with Crippen molar-refractivity contribution in [1.82, 2.24) is 24.8 Å². The smallest absolute Gasteiger partial charge is 0.254 e. The second-order valence-corrected chi connectivity index (χ2v) is 7.20. The molecule has 3 heterocycles. The number of aromatic nitrogens is 4. The quantitative estimate of drug-likeness (QED) is 0.736. The number of ether oxygens (including phenoxy) is 1. The van der Waals surface area contributed by atoms with Gasteiger partial charge in [0.25, 0.3) is 5.56 Å². The van der Waals surface area contributed by atoms with Gasteiger partial charge in [0.1, 0.15) is 11.4 Å². The van der Waals surface area contributed by atoms with Crippen LogP contribution < -0.4 is 10.3 Å². The predicted molar refractivity (Wildman–Crippen MR) is 106 cm³/mol. The molecule has 3 aromatic rings. The van der Waals surface area contributed by atoms with E-state index in [9.17, 15) is 4.79 Å². The van der Waals surface area contributed by atoms with Crippen LogP contribution in [0.2, 0.25) is 0 Å². The molecule has 4 rings (SSSR count). The Bertz CT molecular complexity index is 1000. The zero-order valence-corrected chi connectivity index (χ0v) is 16.1. The molecule has 7 nitrogen and oxygen atoms in total. The van der Waals surface area contributed by atoms with Crippen LogP contribution in [0.3, 0.4) is 0 Å². The highest BCUT2D eigenvalue weighted by atomic mass is 16.5. The minimum Gasteiger partial charge on any atom is -0.491 e. The largest absolute Gasteiger partial charge is 0.491 e. The highest BCUT2D eigenvalue weighted by Crippen LogP contribution is 2.20. The first-order valence-electron chi connectivity index (χ1n) is 9.45. The lowest BCUT2D eigenvalue weighted by Crippen LogP contribution is -2.35. The Morgan fingerprint density at radius 1 is 1.21 bits per heavy atom. The lowest BCUT2D eigenvalue weighted by molar-refractivity contribution is 0.237. The summed E-state index contributed by atoms with van der Waals surface area (Å²) in [5.41, 5.74) is 3.28. The fourth-order valence-electron chi connectivity index (χ4n) is 3.38. The van der Waals surface area contributed by atoms with Crippen molar-refractivity contribution in [2.45, 2.75) is 39.5 Å². The molecule has 144 valence electrons. The van der Waals surface area contributed by atoms with Gasteiger partial charge in [0.15, 0.2) is 5.82 Å². The number of benzene rings is 1. The van der Waals surface area contributed by atoms with Gasteiger partial charge in [0.05, 0.1) is 18.0 Å². The molecule has 0 fully saturated rings. The van der Waals surface area contributed by atoms with Crippen LogP contribution in [0, 0.1) is 0 Å². The van der Waals surface area contributed by atoms with E-state index < -0.39 is 0 Å². The van der Waals surface area contributed by atoms with Gasteiger partial charge < -0.3 is 9.72 Å². The van der Waals surface area contributed by atoms with Crippen LogP contribution in [-0.2, 0) is 19.5 Å². The number of nitrogens with zero attached hydrogens (tertiary/aromatic N) is 4. The van der Waals surface area contributed by atoms with E-state index in [0.717, 1.165) is 30.1 Å². The summed E-state index contributed by atoms with van der Waals surface area (Å²) in [5, 5.41) is 0. The number of rotatable bonds is 5. The van der Waals surface area contributed by atoms with Gasteiger partial charge in [-0.2, -0.15) is 0 Å². The van der Waals surface area contributed by atoms with Gasteiger partial charge in [0.2, 0.25) is 0 Å². The van der Waals surface area contributed by atoms with Crippen molar-refractivity contribution >= 4 is 0 Å². The first-order valence-corrected chi connectivity index (χ1v) is 9.45. The molecule has 1 aliphatic heterocycles. The van der Waals surface area contributed by atoms with E-state index in [1.54, 1.807) is 18.6 Å². The highest BCUT2D eigenvalue weighted by Gasteiger charge is 2.21. The molecule has 0 spiro atoms. The van der Waals surface area contributed by atoms with E-state index in [1.807, 2.05) is 26.0 Å². The molecule has 1 aliphatic rings. The van der Waals surface area contributed by atoms with E-state index in [2.05, 4.69) is 37.0 Å². The average Bonchev–Trinajstić information content (AvgIpc) is 2.69. The number of aromatic amines is 1. The summed E-state index contributed by atoms with van der Waals surface area (Å²) in [6.07, 6.45) is 5.64. The molecule has 0 saturated carbocycles. The van der Waals surface area contributed by atoms with Gasteiger partial charge in [0, 0.05) is 37.6 Å². The number of hydrogen-bond donors (Lipinski definition) is 1. The van der Waals surface area contributed by atoms with Crippen LogP contribution in [0.5, 0.6) is 5.75 Å². The van der Waals surface area contributed by atoms with Crippen LogP contribution >= 0.6 is 0 Å². The summed E-state index contributed by atoms with van der Waals surface area (Å²) in [6, 6.07) is 8.18. The monoisotopic (exact) mass is 377 g/mol. The fourth-order valence-corrected chi connectivity index (χ4v) is 3.38. The minimum absolute atomic E-state index is 0.0829. The van der Waals surface area contributed by atoms with Crippen LogP contribution in [0.1, 0.15) is 30.7 Å². The van der Waals surface area contributed by atoms with E-state index >= 15 is 0 Å². The third-order valence-corrected chi connectivity index (χ3v) is 4.66. The molecule has 0 bridgehead atoms. The van der Waals surface area contributed by atoms with Gasteiger partial charge in [-0.3, -0.25) is 14.7 Å². The predicted octanol–water partition coefficient (Wildman–Crippen LogP) is 2.57. The number of H-pyrrole nitrogens is 1. The van der Waals surface area contributed by atoms with Crippen molar-refractivity contribution in [3.05, 3.63) is 70.0 Å². The molecule has 0 saturated heterocycles. The van der Waals surface area contributed by atoms with Crippen molar-refractivity contribution in [1.29, 1.82) is 0 Å². The third-order valence-electron chi connectivity index (χ3n) is 4.66. The first kappa shape index (κ1) is 18.3. The molecule has 0 atom stereocenters. The maximum absolute atomic E-state index is 12.5. The minimum atomic E-state index is -0.0829. The van der Waals surface area contributed by atoms with E-state index in [0.29, 0.717) is 24.5 Å². The summed E-state index contributed by atoms with van der Waals surface area (Å²) >= 11 is 0. The maximum atomic E-state index is 12.5. The molecule has 0 aliphatic carbocycles. The van der Waals surface area contributed by atoms with Crippen molar-refractivity contribution in [3.63, 3.8) is 0 Å². The van der Waals surface area contributed by atoms with Gasteiger partial charge >= 0.3 is 0 Å². The Hall–Kier alpha value is -3.06. The molecular weight excluding hydrogens is 354 g/mol. The Morgan fingerprint density at radius 2 is 2.04 bits per heavy atom. The number of hydrogen-bond acceptors (Lipinski definition) is 6. The Balaban J connectivity index is 1.51. The van der Waals surface area contributed by atoms with Crippen molar-refractivity contribution in [2.24, 2.45) is 0 Å².